The highest BCUT2D eigenvalue weighted by Gasteiger charge is 2.35. The molecule has 3 aromatic rings. The summed E-state index contributed by atoms with van der Waals surface area (Å²) in [6.45, 7) is 0.347. The molecule has 4 rings (SSSR count). The summed E-state index contributed by atoms with van der Waals surface area (Å²) in [5, 5.41) is 2.75. The van der Waals surface area contributed by atoms with Crippen LogP contribution in [0.3, 0.4) is 0 Å². The number of aromatic nitrogens is 1. The molecule has 0 saturated heterocycles. The number of amides is 3. The van der Waals surface area contributed by atoms with E-state index in [1.165, 1.54) is 16.5 Å². The Morgan fingerprint density at radius 2 is 1.62 bits per heavy atom. The average molecular weight is 385 g/mol. The molecule has 0 unspecified atom stereocenters. The van der Waals surface area contributed by atoms with Crippen LogP contribution in [0.4, 0.5) is 5.69 Å². The Morgan fingerprint density at radius 1 is 0.897 bits per heavy atom. The van der Waals surface area contributed by atoms with E-state index < -0.39 is 0 Å². The summed E-state index contributed by atoms with van der Waals surface area (Å²) in [4.78, 5) is 43.0. The normalized spacial score (nSPS) is 12.8. The van der Waals surface area contributed by atoms with E-state index in [0.29, 0.717) is 29.8 Å². The van der Waals surface area contributed by atoms with Crippen LogP contribution in [0.15, 0.2) is 73.1 Å². The van der Waals surface area contributed by atoms with Gasteiger partial charge >= 0.3 is 0 Å². The second-order valence-corrected chi connectivity index (χ2v) is 6.80. The zero-order chi connectivity index (χ0) is 20.2. The number of anilines is 1. The van der Waals surface area contributed by atoms with Crippen LogP contribution in [0.25, 0.3) is 0 Å². The van der Waals surface area contributed by atoms with Crippen molar-refractivity contribution in [2.75, 3.05) is 11.9 Å². The molecule has 6 nitrogen and oxygen atoms in total. The van der Waals surface area contributed by atoms with E-state index in [4.69, 9.17) is 0 Å². The van der Waals surface area contributed by atoms with Crippen molar-refractivity contribution >= 4 is 23.4 Å². The zero-order valence-electron chi connectivity index (χ0n) is 15.7. The molecule has 1 aliphatic heterocycles. The number of hydrogen-bond acceptors (Lipinski definition) is 4. The summed E-state index contributed by atoms with van der Waals surface area (Å²) in [6.07, 6.45) is 4.63. The van der Waals surface area contributed by atoms with Crippen LogP contribution in [0, 0.1) is 0 Å². The summed E-state index contributed by atoms with van der Waals surface area (Å²) in [5.41, 5.74) is 2.72. The fourth-order valence-corrected chi connectivity index (χ4v) is 3.36. The molecule has 0 fully saturated rings. The molecule has 0 aliphatic carbocycles. The van der Waals surface area contributed by atoms with E-state index in [1.54, 1.807) is 36.7 Å². The summed E-state index contributed by atoms with van der Waals surface area (Å²) in [5.74, 6) is -1.00. The van der Waals surface area contributed by atoms with Gasteiger partial charge in [-0.3, -0.25) is 24.3 Å². The molecule has 1 aromatic heterocycles. The fourth-order valence-electron chi connectivity index (χ4n) is 3.36. The lowest BCUT2D eigenvalue weighted by atomic mass is 10.1. The summed E-state index contributed by atoms with van der Waals surface area (Å²) < 4.78 is 0. The lowest BCUT2D eigenvalue weighted by molar-refractivity contribution is 0.0652. The number of pyridine rings is 1. The third-order valence-electron chi connectivity index (χ3n) is 4.86. The first-order valence-electron chi connectivity index (χ1n) is 9.39. The molecule has 3 amide bonds. The third kappa shape index (κ3) is 3.91. The Morgan fingerprint density at radius 3 is 2.38 bits per heavy atom. The maximum atomic E-state index is 12.7. The Bertz CT molecular complexity index is 1070. The van der Waals surface area contributed by atoms with Gasteiger partial charge in [-0.05, 0) is 48.7 Å². The largest absolute Gasteiger partial charge is 0.322 e. The van der Waals surface area contributed by atoms with E-state index in [9.17, 15) is 14.4 Å². The van der Waals surface area contributed by atoms with Gasteiger partial charge in [0.25, 0.3) is 17.7 Å². The van der Waals surface area contributed by atoms with E-state index in [2.05, 4.69) is 10.3 Å². The van der Waals surface area contributed by atoms with Crippen molar-refractivity contribution < 1.29 is 14.4 Å². The van der Waals surface area contributed by atoms with Gasteiger partial charge in [-0.1, -0.05) is 30.3 Å². The van der Waals surface area contributed by atoms with Gasteiger partial charge in [0.2, 0.25) is 0 Å². The molecule has 1 N–H and O–H groups in total. The van der Waals surface area contributed by atoms with E-state index in [1.807, 2.05) is 30.3 Å². The Hall–Kier alpha value is -3.80. The number of aryl methyl sites for hydroxylation is 1. The number of carbonyl (C=O) groups is 3. The van der Waals surface area contributed by atoms with E-state index in [0.717, 1.165) is 6.42 Å². The van der Waals surface area contributed by atoms with Crippen molar-refractivity contribution in [3.8, 4) is 0 Å². The van der Waals surface area contributed by atoms with Crippen LogP contribution in [0.2, 0.25) is 0 Å². The predicted molar refractivity (Wildman–Crippen MR) is 109 cm³/mol. The van der Waals surface area contributed by atoms with Crippen molar-refractivity contribution in [1.29, 1.82) is 0 Å². The van der Waals surface area contributed by atoms with Gasteiger partial charge in [0.05, 0.1) is 11.1 Å². The molecule has 0 saturated carbocycles. The zero-order valence-corrected chi connectivity index (χ0v) is 15.7. The van der Waals surface area contributed by atoms with Gasteiger partial charge in [-0.15, -0.1) is 0 Å². The second kappa shape index (κ2) is 8.06. The summed E-state index contributed by atoms with van der Waals surface area (Å²) in [7, 11) is 0. The molecule has 0 radical (unpaired) electrons. The van der Waals surface area contributed by atoms with Crippen molar-refractivity contribution in [3.05, 3.63) is 95.3 Å². The molecule has 1 aliphatic rings. The molecule has 144 valence electrons. The summed E-state index contributed by atoms with van der Waals surface area (Å²) >= 11 is 0. The highest BCUT2D eigenvalue weighted by atomic mass is 16.2. The Balaban J connectivity index is 1.45. The van der Waals surface area contributed by atoms with Gasteiger partial charge in [-0.25, -0.2) is 0 Å². The fraction of sp³-hybridized carbons (Fsp3) is 0.130. The molecular formula is C23H19N3O3. The minimum Gasteiger partial charge on any atom is -0.322 e. The standard InChI is InChI=1S/C23H19N3O3/c27-21(25-18-10-12-24-13-11-18)17-8-9-19-20(15-17)23(29)26(22(19)28)14-4-7-16-5-2-1-3-6-16/h1-3,5-6,8-13,15H,4,7,14H2,(H,24,25,27). The molecule has 0 spiro atoms. The lowest BCUT2D eigenvalue weighted by Crippen LogP contribution is -2.31. The first kappa shape index (κ1) is 18.6. The van der Waals surface area contributed by atoms with Crippen LogP contribution in [0.1, 0.15) is 43.1 Å². The van der Waals surface area contributed by atoms with Crippen molar-refractivity contribution in [2.45, 2.75) is 12.8 Å². The highest BCUT2D eigenvalue weighted by molar-refractivity contribution is 6.22. The monoisotopic (exact) mass is 385 g/mol. The topological polar surface area (TPSA) is 79.4 Å². The van der Waals surface area contributed by atoms with E-state index in [-0.39, 0.29) is 23.3 Å². The van der Waals surface area contributed by atoms with Gasteiger partial charge in [-0.2, -0.15) is 0 Å². The van der Waals surface area contributed by atoms with Crippen LogP contribution >= 0.6 is 0 Å². The number of benzene rings is 2. The number of nitrogens with one attached hydrogen (secondary N) is 1. The third-order valence-corrected chi connectivity index (χ3v) is 4.86. The number of nitrogens with zero attached hydrogens (tertiary/aromatic N) is 2. The molecule has 29 heavy (non-hydrogen) atoms. The first-order valence-corrected chi connectivity index (χ1v) is 9.39. The highest BCUT2D eigenvalue weighted by Crippen LogP contribution is 2.25. The van der Waals surface area contributed by atoms with Crippen molar-refractivity contribution in [3.63, 3.8) is 0 Å². The quantitative estimate of drug-likeness (QED) is 0.658. The van der Waals surface area contributed by atoms with E-state index >= 15 is 0 Å². The number of imide groups is 1. The van der Waals surface area contributed by atoms with Crippen LogP contribution in [-0.2, 0) is 6.42 Å². The van der Waals surface area contributed by atoms with Crippen LogP contribution in [0.5, 0.6) is 0 Å². The number of hydrogen-bond donors (Lipinski definition) is 1. The molecule has 2 heterocycles. The van der Waals surface area contributed by atoms with Crippen molar-refractivity contribution in [2.24, 2.45) is 0 Å². The van der Waals surface area contributed by atoms with Gasteiger partial charge in [0.1, 0.15) is 0 Å². The number of fused-ring (bicyclic) bond motifs is 1. The minimum atomic E-state index is -0.350. The maximum absolute atomic E-state index is 12.7. The number of carbonyl (C=O) groups excluding carboxylic acids is 3. The Labute approximate surface area is 168 Å². The number of rotatable bonds is 6. The molecule has 6 heteroatoms. The molecule has 2 aromatic carbocycles. The predicted octanol–water partition coefficient (Wildman–Crippen LogP) is 3.56. The van der Waals surface area contributed by atoms with Gasteiger partial charge < -0.3 is 5.32 Å². The smallest absolute Gasteiger partial charge is 0.261 e. The van der Waals surface area contributed by atoms with Crippen LogP contribution in [-0.4, -0.2) is 34.2 Å². The van der Waals surface area contributed by atoms with Crippen molar-refractivity contribution in [1.82, 2.24) is 9.88 Å². The van der Waals surface area contributed by atoms with Gasteiger partial charge in [0, 0.05) is 30.2 Å². The molecule has 0 atom stereocenters. The summed E-state index contributed by atoms with van der Waals surface area (Å²) in [6, 6.07) is 17.9. The average Bonchev–Trinajstić information content (AvgIpc) is 2.99. The molecular weight excluding hydrogens is 366 g/mol. The SMILES string of the molecule is O=C(Nc1ccncc1)c1ccc2c(c1)C(=O)N(CCCc1ccccc1)C2=O. The van der Waals surface area contributed by atoms with Crippen LogP contribution < -0.4 is 5.32 Å². The maximum Gasteiger partial charge on any atom is 0.261 e. The lowest BCUT2D eigenvalue weighted by Gasteiger charge is -2.13. The molecule has 0 bridgehead atoms. The minimum absolute atomic E-state index is 0.275. The second-order valence-electron chi connectivity index (χ2n) is 6.80. The Kier molecular flexibility index (Phi) is 5.16. The first-order chi connectivity index (χ1) is 14.1. The van der Waals surface area contributed by atoms with Gasteiger partial charge in [0.15, 0.2) is 0 Å².